The van der Waals surface area contributed by atoms with Crippen molar-refractivity contribution in [3.63, 3.8) is 0 Å². The molecular formula is C27H28O3. The summed E-state index contributed by atoms with van der Waals surface area (Å²) in [7, 11) is 0. The molecule has 0 aliphatic rings. The van der Waals surface area contributed by atoms with E-state index in [0.29, 0.717) is 13.2 Å². The first-order chi connectivity index (χ1) is 14.6. The van der Waals surface area contributed by atoms with E-state index in [1.54, 1.807) is 0 Å². The van der Waals surface area contributed by atoms with Gasteiger partial charge < -0.3 is 14.2 Å². The molecule has 1 unspecified atom stereocenters. The molecule has 3 rings (SSSR count). The van der Waals surface area contributed by atoms with Crippen LogP contribution < -0.4 is 9.47 Å². The summed E-state index contributed by atoms with van der Waals surface area (Å²) >= 11 is 0. The Labute approximate surface area is 179 Å². The van der Waals surface area contributed by atoms with E-state index in [-0.39, 0.29) is 12.0 Å². The van der Waals surface area contributed by atoms with Gasteiger partial charge in [-0.25, -0.2) is 0 Å². The smallest absolute Gasteiger partial charge is 0.148 e. The van der Waals surface area contributed by atoms with Crippen LogP contribution in [0, 0.1) is 12.3 Å². The summed E-state index contributed by atoms with van der Waals surface area (Å²) < 4.78 is 17.5. The van der Waals surface area contributed by atoms with Crippen LogP contribution in [0.15, 0.2) is 78.9 Å². The van der Waals surface area contributed by atoms with Gasteiger partial charge in [-0.3, -0.25) is 0 Å². The molecule has 0 saturated carbocycles. The highest BCUT2D eigenvalue weighted by Crippen LogP contribution is 2.30. The molecule has 0 fully saturated rings. The number of para-hydroxylation sites is 1. The van der Waals surface area contributed by atoms with Crippen molar-refractivity contribution in [2.75, 3.05) is 13.2 Å². The van der Waals surface area contributed by atoms with E-state index < -0.39 is 0 Å². The number of ether oxygens (including phenoxy) is 3. The van der Waals surface area contributed by atoms with Crippen molar-refractivity contribution < 1.29 is 14.2 Å². The first kappa shape index (κ1) is 21.5. The summed E-state index contributed by atoms with van der Waals surface area (Å²) in [6.07, 6.45) is 6.22. The molecule has 0 N–H and O–H groups in total. The topological polar surface area (TPSA) is 27.7 Å². The average molecular weight is 401 g/mol. The number of terminal acetylenes is 1. The lowest BCUT2D eigenvalue weighted by Crippen LogP contribution is -2.27. The quantitative estimate of drug-likeness (QED) is 0.370. The van der Waals surface area contributed by atoms with Gasteiger partial charge in [0.2, 0.25) is 0 Å². The van der Waals surface area contributed by atoms with Crippen LogP contribution in [0.3, 0.4) is 0 Å². The molecule has 0 heterocycles. The van der Waals surface area contributed by atoms with E-state index in [9.17, 15) is 0 Å². The van der Waals surface area contributed by atoms with Crippen molar-refractivity contribution in [3.05, 3.63) is 90.0 Å². The van der Waals surface area contributed by atoms with E-state index in [1.807, 2.05) is 60.7 Å². The molecule has 0 radical (unpaired) electrons. The molecule has 154 valence electrons. The zero-order chi connectivity index (χ0) is 21.2. The van der Waals surface area contributed by atoms with Gasteiger partial charge in [0.25, 0.3) is 0 Å². The van der Waals surface area contributed by atoms with E-state index in [0.717, 1.165) is 29.2 Å². The number of hydrogen-bond donors (Lipinski definition) is 0. The van der Waals surface area contributed by atoms with Gasteiger partial charge >= 0.3 is 0 Å². The predicted octanol–water partition coefficient (Wildman–Crippen LogP) is 6.38. The maximum Gasteiger partial charge on any atom is 0.148 e. The van der Waals surface area contributed by atoms with Crippen molar-refractivity contribution in [2.45, 2.75) is 32.3 Å². The van der Waals surface area contributed by atoms with Gasteiger partial charge in [-0.1, -0.05) is 62.2 Å². The number of rotatable bonds is 10. The van der Waals surface area contributed by atoms with Gasteiger partial charge in [0.1, 0.15) is 23.9 Å². The van der Waals surface area contributed by atoms with Crippen LogP contribution in [-0.4, -0.2) is 13.2 Å². The summed E-state index contributed by atoms with van der Waals surface area (Å²) in [6.45, 7) is 5.84. The van der Waals surface area contributed by atoms with E-state index >= 15 is 0 Å². The highest BCUT2D eigenvalue weighted by molar-refractivity contribution is 5.34. The van der Waals surface area contributed by atoms with E-state index in [1.165, 1.54) is 5.56 Å². The molecule has 30 heavy (non-hydrogen) atoms. The fourth-order valence-corrected chi connectivity index (χ4v) is 3.19. The van der Waals surface area contributed by atoms with Gasteiger partial charge in [0.15, 0.2) is 0 Å². The minimum atomic E-state index is -0.0806. The van der Waals surface area contributed by atoms with Crippen LogP contribution in [0.2, 0.25) is 0 Å². The predicted molar refractivity (Wildman–Crippen MR) is 121 cm³/mol. The monoisotopic (exact) mass is 400 g/mol. The zero-order valence-corrected chi connectivity index (χ0v) is 17.6. The fraction of sp³-hybridized carbons (Fsp3) is 0.259. The Bertz CT molecular complexity index is 957. The van der Waals surface area contributed by atoms with E-state index in [4.69, 9.17) is 20.6 Å². The summed E-state index contributed by atoms with van der Waals surface area (Å²) in [5, 5.41) is 0. The fourth-order valence-electron chi connectivity index (χ4n) is 3.19. The van der Waals surface area contributed by atoms with Crippen molar-refractivity contribution in [2.24, 2.45) is 0 Å². The van der Waals surface area contributed by atoms with Crippen molar-refractivity contribution in [3.8, 4) is 29.6 Å². The minimum Gasteiger partial charge on any atom is -0.481 e. The summed E-state index contributed by atoms with van der Waals surface area (Å²) in [5.41, 5.74) is 2.22. The third-order valence-corrected chi connectivity index (χ3v) is 5.22. The first-order valence-corrected chi connectivity index (χ1v) is 10.2. The molecule has 3 nitrogen and oxygen atoms in total. The Morgan fingerprint density at radius 3 is 2.30 bits per heavy atom. The Hall–Kier alpha value is -3.22. The van der Waals surface area contributed by atoms with Crippen molar-refractivity contribution >= 4 is 0 Å². The molecule has 0 aliphatic heterocycles. The van der Waals surface area contributed by atoms with Crippen molar-refractivity contribution in [1.82, 2.24) is 0 Å². The Morgan fingerprint density at radius 1 is 0.867 bits per heavy atom. The molecular weight excluding hydrogens is 372 g/mol. The van der Waals surface area contributed by atoms with Crippen LogP contribution in [0.4, 0.5) is 0 Å². The Balaban J connectivity index is 1.58. The molecule has 0 amide bonds. The zero-order valence-electron chi connectivity index (χ0n) is 17.6. The largest absolute Gasteiger partial charge is 0.481 e. The molecule has 0 spiro atoms. The highest BCUT2D eigenvalue weighted by Gasteiger charge is 2.25. The van der Waals surface area contributed by atoms with Gasteiger partial charge in [-0.05, 0) is 53.9 Å². The normalized spacial score (nSPS) is 12.6. The maximum absolute atomic E-state index is 6.12. The summed E-state index contributed by atoms with van der Waals surface area (Å²) in [6, 6.07) is 25.9. The molecule has 0 aliphatic carbocycles. The molecule has 3 aromatic rings. The average Bonchev–Trinajstić information content (AvgIpc) is 2.79. The van der Waals surface area contributed by atoms with Crippen molar-refractivity contribution in [1.29, 1.82) is 0 Å². The van der Waals surface area contributed by atoms with Gasteiger partial charge in [0, 0.05) is 5.41 Å². The second kappa shape index (κ2) is 10.5. The summed E-state index contributed by atoms with van der Waals surface area (Å²) in [5.74, 6) is 4.90. The standard InChI is InChI=1S/C27H28O3/c1-4-18-29-24-16-14-23(15-17-24)27(3,5-2)21-28-20-22-10-9-13-26(19-22)30-25-11-7-6-8-12-25/h1,6-17,19H,5,18,20-21H2,2-3H3. The lowest BCUT2D eigenvalue weighted by atomic mass is 9.81. The number of hydrogen-bond acceptors (Lipinski definition) is 3. The van der Waals surface area contributed by atoms with Crippen LogP contribution >= 0.6 is 0 Å². The van der Waals surface area contributed by atoms with Crippen LogP contribution in [-0.2, 0) is 16.8 Å². The Kier molecular flexibility index (Phi) is 7.54. The summed E-state index contributed by atoms with van der Waals surface area (Å²) in [4.78, 5) is 0. The second-order valence-electron chi connectivity index (χ2n) is 7.49. The van der Waals surface area contributed by atoms with Gasteiger partial charge in [-0.15, -0.1) is 6.42 Å². The lowest BCUT2D eigenvalue weighted by Gasteiger charge is -2.29. The van der Waals surface area contributed by atoms with Crippen LogP contribution in [0.25, 0.3) is 0 Å². The highest BCUT2D eigenvalue weighted by atomic mass is 16.5. The molecule has 3 aromatic carbocycles. The number of benzene rings is 3. The van der Waals surface area contributed by atoms with Gasteiger partial charge in [-0.2, -0.15) is 0 Å². The maximum atomic E-state index is 6.12. The lowest BCUT2D eigenvalue weighted by molar-refractivity contribution is 0.0747. The second-order valence-corrected chi connectivity index (χ2v) is 7.49. The van der Waals surface area contributed by atoms with Crippen LogP contribution in [0.5, 0.6) is 17.2 Å². The van der Waals surface area contributed by atoms with Crippen LogP contribution in [0.1, 0.15) is 31.4 Å². The third kappa shape index (κ3) is 5.89. The molecule has 0 aromatic heterocycles. The van der Waals surface area contributed by atoms with E-state index in [2.05, 4.69) is 38.0 Å². The molecule has 0 saturated heterocycles. The molecule has 1 atom stereocenters. The minimum absolute atomic E-state index is 0.0806. The third-order valence-electron chi connectivity index (χ3n) is 5.22. The van der Waals surface area contributed by atoms with Gasteiger partial charge in [0.05, 0.1) is 13.2 Å². The Morgan fingerprint density at radius 2 is 1.60 bits per heavy atom. The molecule has 0 bridgehead atoms. The first-order valence-electron chi connectivity index (χ1n) is 10.2. The molecule has 3 heteroatoms. The SMILES string of the molecule is C#CCOc1ccc(C(C)(CC)COCc2cccc(Oc3ccccc3)c2)cc1.